The number of alkyl carbamates (subject to hydrolysis) is 1. The fraction of sp³-hybridized carbons (Fsp3) is 0.655. The molecule has 0 aliphatic carbocycles. The first-order valence-electron chi connectivity index (χ1n) is 13.9. The maximum absolute atomic E-state index is 12.6. The van der Waals surface area contributed by atoms with E-state index in [4.69, 9.17) is 9.47 Å². The minimum Gasteiger partial charge on any atom is -0.460 e. The van der Waals surface area contributed by atoms with Gasteiger partial charge in [-0.3, -0.25) is 9.59 Å². The molecule has 1 rings (SSSR count). The fourth-order valence-corrected chi connectivity index (χ4v) is 3.92. The summed E-state index contributed by atoms with van der Waals surface area (Å²) in [5, 5.41) is 5.07. The Kier molecular flexibility index (Phi) is 18.4. The summed E-state index contributed by atoms with van der Waals surface area (Å²) in [6.45, 7) is 3.95. The summed E-state index contributed by atoms with van der Waals surface area (Å²) in [4.78, 5) is 47.9. The topological polar surface area (TPSA) is 111 Å². The third-order valence-corrected chi connectivity index (χ3v) is 6.10. The first-order valence-corrected chi connectivity index (χ1v) is 13.9. The van der Waals surface area contributed by atoms with Crippen molar-refractivity contribution in [2.75, 3.05) is 6.54 Å². The molecule has 0 spiro atoms. The van der Waals surface area contributed by atoms with Gasteiger partial charge in [-0.15, -0.1) is 0 Å². The van der Waals surface area contributed by atoms with E-state index in [2.05, 4.69) is 17.6 Å². The summed E-state index contributed by atoms with van der Waals surface area (Å²) >= 11 is 0. The lowest BCUT2D eigenvalue weighted by molar-refractivity contribution is -0.151. The molecule has 0 bridgehead atoms. The lowest BCUT2D eigenvalue weighted by Crippen LogP contribution is -2.53. The summed E-state index contributed by atoms with van der Waals surface area (Å²) in [6, 6.07) is 8.01. The fourth-order valence-electron chi connectivity index (χ4n) is 3.92. The van der Waals surface area contributed by atoms with E-state index in [1.165, 1.54) is 51.4 Å². The molecule has 0 radical (unpaired) electrons. The molecule has 2 amide bonds. The molecule has 0 heterocycles. The molecule has 8 heteroatoms. The van der Waals surface area contributed by atoms with Gasteiger partial charge in [0.2, 0.25) is 5.91 Å². The average molecular weight is 519 g/mol. The Morgan fingerprint density at radius 3 is 2.08 bits per heavy atom. The highest BCUT2D eigenvalue weighted by atomic mass is 16.6. The van der Waals surface area contributed by atoms with Gasteiger partial charge in [0.05, 0.1) is 0 Å². The standard InChI is InChI=1S/C29H46N2O6/c1-3-4-5-6-7-8-9-10-11-12-16-20-26(33)37-24(2)27(28(34)30-21-17-22-32)31-29(35)36-23-25-18-14-13-15-19-25/h13-15,18-19,22,24,27H,3-12,16-17,20-21,23H2,1-2H3,(H,30,34)(H,31,35)/t24?,27-/m0/s1. The third kappa shape index (κ3) is 16.5. The van der Waals surface area contributed by atoms with E-state index in [0.29, 0.717) is 6.29 Å². The molecule has 8 nitrogen and oxygen atoms in total. The van der Waals surface area contributed by atoms with Gasteiger partial charge in [-0.1, -0.05) is 101 Å². The number of rotatable bonds is 21. The molecular formula is C29H46N2O6. The van der Waals surface area contributed by atoms with Crippen LogP contribution in [0, 0.1) is 0 Å². The van der Waals surface area contributed by atoms with Gasteiger partial charge in [0, 0.05) is 19.4 Å². The highest BCUT2D eigenvalue weighted by molar-refractivity contribution is 5.86. The number of amides is 2. The summed E-state index contributed by atoms with van der Waals surface area (Å²) < 4.78 is 10.7. The second-order valence-corrected chi connectivity index (χ2v) is 9.41. The monoisotopic (exact) mass is 518 g/mol. The zero-order valence-corrected chi connectivity index (χ0v) is 22.7. The van der Waals surface area contributed by atoms with Crippen LogP contribution >= 0.6 is 0 Å². The van der Waals surface area contributed by atoms with Crippen molar-refractivity contribution in [2.24, 2.45) is 0 Å². The number of aldehydes is 1. The lowest BCUT2D eigenvalue weighted by Gasteiger charge is -2.24. The van der Waals surface area contributed by atoms with Gasteiger partial charge >= 0.3 is 12.1 Å². The molecule has 0 aromatic heterocycles. The summed E-state index contributed by atoms with van der Waals surface area (Å²) in [5.41, 5.74) is 0.802. The second-order valence-electron chi connectivity index (χ2n) is 9.41. The van der Waals surface area contributed by atoms with E-state index >= 15 is 0 Å². The highest BCUT2D eigenvalue weighted by Crippen LogP contribution is 2.13. The number of hydrogen-bond donors (Lipinski definition) is 2. The van der Waals surface area contributed by atoms with Gasteiger partial charge in [0.1, 0.15) is 25.0 Å². The van der Waals surface area contributed by atoms with Crippen molar-refractivity contribution >= 4 is 24.3 Å². The first kappa shape index (κ1) is 32.1. The van der Waals surface area contributed by atoms with Crippen LogP contribution in [0.4, 0.5) is 4.79 Å². The molecule has 37 heavy (non-hydrogen) atoms. The second kappa shape index (κ2) is 21.2. The molecule has 0 aliphatic heterocycles. The Bertz CT molecular complexity index is 771. The molecule has 1 aromatic carbocycles. The number of benzene rings is 1. The zero-order chi connectivity index (χ0) is 27.1. The van der Waals surface area contributed by atoms with Gasteiger partial charge in [-0.25, -0.2) is 4.79 Å². The Labute approximate surface area is 222 Å². The van der Waals surface area contributed by atoms with Gasteiger partial charge in [0.25, 0.3) is 0 Å². The van der Waals surface area contributed by atoms with Gasteiger partial charge in [-0.2, -0.15) is 0 Å². The zero-order valence-electron chi connectivity index (χ0n) is 22.7. The lowest BCUT2D eigenvalue weighted by atomic mass is 10.1. The van der Waals surface area contributed by atoms with Crippen LogP contribution < -0.4 is 10.6 Å². The average Bonchev–Trinajstić information content (AvgIpc) is 2.89. The Morgan fingerprint density at radius 1 is 0.892 bits per heavy atom. The highest BCUT2D eigenvalue weighted by Gasteiger charge is 2.30. The Hall–Kier alpha value is -2.90. The van der Waals surface area contributed by atoms with Crippen molar-refractivity contribution in [3.63, 3.8) is 0 Å². The molecule has 2 N–H and O–H groups in total. The number of nitrogens with one attached hydrogen (secondary N) is 2. The summed E-state index contributed by atoms with van der Waals surface area (Å²) in [7, 11) is 0. The number of hydrogen-bond acceptors (Lipinski definition) is 6. The minimum atomic E-state index is -1.14. The first-order chi connectivity index (χ1) is 18.0. The van der Waals surface area contributed by atoms with Gasteiger partial charge in [0.15, 0.2) is 0 Å². The van der Waals surface area contributed by atoms with Crippen LogP contribution in [0.5, 0.6) is 0 Å². The van der Waals surface area contributed by atoms with Crippen LogP contribution in [0.2, 0.25) is 0 Å². The third-order valence-electron chi connectivity index (χ3n) is 6.10. The Morgan fingerprint density at radius 2 is 1.49 bits per heavy atom. The number of unbranched alkanes of at least 4 members (excludes halogenated alkanes) is 10. The van der Waals surface area contributed by atoms with Crippen molar-refractivity contribution in [2.45, 2.75) is 116 Å². The molecule has 0 saturated heterocycles. The normalized spacial score (nSPS) is 12.3. The quantitative estimate of drug-likeness (QED) is 0.124. The maximum Gasteiger partial charge on any atom is 0.408 e. The number of carbonyl (C=O) groups is 4. The van der Waals surface area contributed by atoms with Crippen LogP contribution in [-0.2, 0) is 30.5 Å². The maximum atomic E-state index is 12.6. The molecule has 1 aromatic rings. The number of esters is 1. The Balaban J connectivity index is 2.38. The van der Waals surface area contributed by atoms with Crippen LogP contribution in [0.1, 0.15) is 103 Å². The predicted octanol–water partition coefficient (Wildman–Crippen LogP) is 5.62. The van der Waals surface area contributed by atoms with Crippen molar-refractivity contribution in [3.05, 3.63) is 35.9 Å². The largest absolute Gasteiger partial charge is 0.460 e. The van der Waals surface area contributed by atoms with E-state index in [-0.39, 0.29) is 26.0 Å². The van der Waals surface area contributed by atoms with Crippen molar-refractivity contribution in [3.8, 4) is 0 Å². The van der Waals surface area contributed by atoms with Crippen molar-refractivity contribution < 1.29 is 28.7 Å². The number of carbonyl (C=O) groups excluding carboxylic acids is 4. The van der Waals surface area contributed by atoms with E-state index in [9.17, 15) is 19.2 Å². The van der Waals surface area contributed by atoms with E-state index in [0.717, 1.165) is 24.8 Å². The number of ether oxygens (including phenoxy) is 2. The minimum absolute atomic E-state index is 0.0409. The van der Waals surface area contributed by atoms with Gasteiger partial charge < -0.3 is 24.9 Å². The van der Waals surface area contributed by atoms with Crippen LogP contribution in [0.15, 0.2) is 30.3 Å². The van der Waals surface area contributed by atoms with Crippen molar-refractivity contribution in [1.29, 1.82) is 0 Å². The van der Waals surface area contributed by atoms with Crippen molar-refractivity contribution in [1.82, 2.24) is 10.6 Å². The molecule has 0 aliphatic rings. The molecule has 2 atom stereocenters. The molecular weight excluding hydrogens is 472 g/mol. The summed E-state index contributed by atoms with van der Waals surface area (Å²) in [6.07, 6.45) is 12.4. The molecule has 208 valence electrons. The molecule has 0 saturated carbocycles. The van der Waals surface area contributed by atoms with Gasteiger partial charge in [-0.05, 0) is 18.9 Å². The smallest absolute Gasteiger partial charge is 0.408 e. The summed E-state index contributed by atoms with van der Waals surface area (Å²) in [5.74, 6) is -0.956. The van der Waals surface area contributed by atoms with Crippen LogP contribution in [0.25, 0.3) is 0 Å². The van der Waals surface area contributed by atoms with Crippen LogP contribution in [0.3, 0.4) is 0 Å². The molecule has 1 unspecified atom stereocenters. The van der Waals surface area contributed by atoms with E-state index in [1.54, 1.807) is 6.92 Å². The van der Waals surface area contributed by atoms with E-state index < -0.39 is 30.1 Å². The van der Waals surface area contributed by atoms with E-state index in [1.807, 2.05) is 30.3 Å². The SMILES string of the molecule is CCCCCCCCCCCCCC(=O)OC(C)[C@H](NC(=O)OCc1ccccc1)C(=O)NCCC=O. The predicted molar refractivity (Wildman–Crippen MR) is 144 cm³/mol. The molecule has 0 fully saturated rings. The van der Waals surface area contributed by atoms with Crippen LogP contribution in [-0.4, -0.2) is 42.9 Å².